The number of halogens is 1. The van der Waals surface area contributed by atoms with E-state index in [1.807, 2.05) is 18.2 Å². The lowest BCUT2D eigenvalue weighted by atomic mass is 10.1. The zero-order chi connectivity index (χ0) is 18.9. The van der Waals surface area contributed by atoms with Gasteiger partial charge in [-0.3, -0.25) is 0 Å². The summed E-state index contributed by atoms with van der Waals surface area (Å²) in [5.74, 6) is 0.568. The van der Waals surface area contributed by atoms with Crippen LogP contribution in [-0.4, -0.2) is 50.9 Å². The summed E-state index contributed by atoms with van der Waals surface area (Å²) in [6.45, 7) is 2.95. The molecule has 7 nitrogen and oxygen atoms in total. The van der Waals surface area contributed by atoms with Crippen molar-refractivity contribution in [2.75, 3.05) is 31.2 Å². The first-order chi connectivity index (χ1) is 13.8. The van der Waals surface area contributed by atoms with Gasteiger partial charge in [0.2, 0.25) is 0 Å². The monoisotopic (exact) mass is 376 g/mol. The predicted molar refractivity (Wildman–Crippen MR) is 102 cm³/mol. The molecular formula is C20H17FN6O. The van der Waals surface area contributed by atoms with Crippen LogP contribution in [0.4, 0.5) is 10.2 Å². The highest BCUT2D eigenvalue weighted by atomic mass is 19.1. The van der Waals surface area contributed by atoms with Gasteiger partial charge in [0.25, 0.3) is 0 Å². The molecule has 0 N–H and O–H groups in total. The van der Waals surface area contributed by atoms with Crippen molar-refractivity contribution in [1.82, 2.24) is 24.6 Å². The van der Waals surface area contributed by atoms with Gasteiger partial charge in [0, 0.05) is 24.8 Å². The maximum Gasteiger partial charge on any atom is 0.155 e. The smallest absolute Gasteiger partial charge is 0.155 e. The van der Waals surface area contributed by atoms with Gasteiger partial charge in [0.15, 0.2) is 5.65 Å². The molecule has 0 bridgehead atoms. The zero-order valence-corrected chi connectivity index (χ0v) is 15.0. The van der Waals surface area contributed by atoms with Crippen LogP contribution in [0.15, 0.2) is 55.0 Å². The van der Waals surface area contributed by atoms with E-state index in [4.69, 9.17) is 14.8 Å². The molecule has 4 aromatic rings. The van der Waals surface area contributed by atoms with Gasteiger partial charge in [0.1, 0.15) is 29.4 Å². The van der Waals surface area contributed by atoms with Crippen LogP contribution in [0.25, 0.3) is 28.3 Å². The molecule has 1 aromatic carbocycles. The van der Waals surface area contributed by atoms with Gasteiger partial charge in [-0.25, -0.2) is 23.9 Å². The first kappa shape index (κ1) is 16.8. The van der Waals surface area contributed by atoms with Crippen molar-refractivity contribution in [2.24, 2.45) is 0 Å². The minimum absolute atomic E-state index is 0.288. The maximum absolute atomic E-state index is 13.4. The quantitative estimate of drug-likeness (QED) is 0.548. The van der Waals surface area contributed by atoms with Gasteiger partial charge >= 0.3 is 0 Å². The molecule has 1 aliphatic rings. The van der Waals surface area contributed by atoms with Crippen LogP contribution < -0.4 is 4.90 Å². The molecule has 0 amide bonds. The summed E-state index contributed by atoms with van der Waals surface area (Å²) in [6.07, 6.45) is 3.18. The van der Waals surface area contributed by atoms with Gasteiger partial charge in [-0.2, -0.15) is 0 Å². The third kappa shape index (κ3) is 2.97. The van der Waals surface area contributed by atoms with E-state index in [0.29, 0.717) is 30.2 Å². The average molecular weight is 376 g/mol. The number of nitrogens with zero attached hydrogens (tertiary/aromatic N) is 6. The molecule has 0 spiro atoms. The lowest BCUT2D eigenvalue weighted by molar-refractivity contribution is 0.122. The van der Waals surface area contributed by atoms with Crippen LogP contribution in [0.5, 0.6) is 0 Å². The molecule has 0 saturated carbocycles. The Morgan fingerprint density at radius 2 is 1.79 bits per heavy atom. The molecule has 0 atom stereocenters. The standard InChI is InChI=1S/C20H17FN6O/c21-15-3-1-14(2-4-15)19-20(16-7-8-22-13-23-16)27-17(24-19)5-6-18(25-27)26-9-11-28-12-10-26/h1-8,13H,9-12H2. The number of aromatic nitrogens is 5. The number of ether oxygens (including phenoxy) is 1. The lowest BCUT2D eigenvalue weighted by Gasteiger charge is -2.27. The fourth-order valence-corrected chi connectivity index (χ4v) is 3.35. The molecule has 0 aliphatic carbocycles. The van der Waals surface area contributed by atoms with Crippen LogP contribution in [0.2, 0.25) is 0 Å². The fourth-order valence-electron chi connectivity index (χ4n) is 3.35. The normalized spacial score (nSPS) is 14.5. The Labute approximate surface area is 160 Å². The number of imidazole rings is 1. The largest absolute Gasteiger partial charge is 0.378 e. The van der Waals surface area contributed by atoms with Gasteiger partial charge in [-0.1, -0.05) is 0 Å². The van der Waals surface area contributed by atoms with Gasteiger partial charge in [0.05, 0.1) is 18.9 Å². The Bertz CT molecular complexity index is 1110. The maximum atomic E-state index is 13.4. The van der Waals surface area contributed by atoms with E-state index in [9.17, 15) is 4.39 Å². The molecule has 1 saturated heterocycles. The zero-order valence-electron chi connectivity index (χ0n) is 15.0. The molecule has 1 fully saturated rings. The van der Waals surface area contributed by atoms with Crippen LogP contribution in [0, 0.1) is 5.82 Å². The van der Waals surface area contributed by atoms with Crippen molar-refractivity contribution in [3.63, 3.8) is 0 Å². The molecule has 5 rings (SSSR count). The molecular weight excluding hydrogens is 359 g/mol. The highest BCUT2D eigenvalue weighted by molar-refractivity contribution is 5.80. The highest BCUT2D eigenvalue weighted by Crippen LogP contribution is 2.31. The number of anilines is 1. The minimum Gasteiger partial charge on any atom is -0.378 e. The number of fused-ring (bicyclic) bond motifs is 1. The summed E-state index contributed by atoms with van der Waals surface area (Å²) in [4.78, 5) is 15.3. The van der Waals surface area contributed by atoms with E-state index in [1.165, 1.54) is 18.5 Å². The van der Waals surface area contributed by atoms with Crippen LogP contribution in [0.1, 0.15) is 0 Å². The van der Waals surface area contributed by atoms with Crippen LogP contribution in [0.3, 0.4) is 0 Å². The Kier molecular flexibility index (Phi) is 4.17. The van der Waals surface area contributed by atoms with Crippen molar-refractivity contribution in [3.05, 3.63) is 60.8 Å². The molecule has 4 heterocycles. The molecule has 8 heteroatoms. The van der Waals surface area contributed by atoms with E-state index in [-0.39, 0.29) is 5.82 Å². The van der Waals surface area contributed by atoms with Crippen molar-refractivity contribution in [2.45, 2.75) is 0 Å². The SMILES string of the molecule is Fc1ccc(-c2nc3ccc(N4CCOCC4)nn3c2-c2ccncn2)cc1. The van der Waals surface area contributed by atoms with Crippen LogP contribution >= 0.6 is 0 Å². The van der Waals surface area contributed by atoms with Crippen molar-refractivity contribution in [3.8, 4) is 22.6 Å². The summed E-state index contributed by atoms with van der Waals surface area (Å²) in [7, 11) is 0. The van der Waals surface area contributed by atoms with Crippen molar-refractivity contribution >= 4 is 11.5 Å². The summed E-state index contributed by atoms with van der Waals surface area (Å²) < 4.78 is 20.6. The lowest BCUT2D eigenvalue weighted by Crippen LogP contribution is -2.37. The molecule has 0 unspecified atom stereocenters. The van der Waals surface area contributed by atoms with Gasteiger partial charge in [-0.15, -0.1) is 5.10 Å². The first-order valence-corrected chi connectivity index (χ1v) is 9.04. The molecule has 140 valence electrons. The van der Waals surface area contributed by atoms with Gasteiger partial charge < -0.3 is 9.64 Å². The predicted octanol–water partition coefficient (Wildman–Crippen LogP) is 2.83. The minimum atomic E-state index is -0.288. The van der Waals surface area contributed by atoms with Crippen molar-refractivity contribution < 1.29 is 9.13 Å². The van der Waals surface area contributed by atoms with Gasteiger partial charge in [-0.05, 0) is 42.5 Å². The average Bonchev–Trinajstić information content (AvgIpc) is 3.14. The first-order valence-electron chi connectivity index (χ1n) is 9.04. The Morgan fingerprint density at radius 1 is 0.964 bits per heavy atom. The topological polar surface area (TPSA) is 68.4 Å². The molecule has 1 aliphatic heterocycles. The second-order valence-electron chi connectivity index (χ2n) is 6.47. The van der Waals surface area contributed by atoms with E-state index in [2.05, 4.69) is 14.9 Å². The number of hydrogen-bond acceptors (Lipinski definition) is 6. The Hall–Kier alpha value is -3.39. The number of morpholine rings is 1. The third-order valence-corrected chi connectivity index (χ3v) is 4.74. The van der Waals surface area contributed by atoms with E-state index in [1.54, 1.807) is 22.8 Å². The Morgan fingerprint density at radius 3 is 2.54 bits per heavy atom. The van der Waals surface area contributed by atoms with Crippen molar-refractivity contribution in [1.29, 1.82) is 0 Å². The highest BCUT2D eigenvalue weighted by Gasteiger charge is 2.20. The second kappa shape index (κ2) is 6.97. The third-order valence-electron chi connectivity index (χ3n) is 4.74. The summed E-state index contributed by atoms with van der Waals surface area (Å²) in [5, 5.41) is 4.83. The number of rotatable bonds is 3. The Balaban J connectivity index is 1.71. The molecule has 0 radical (unpaired) electrons. The summed E-state index contributed by atoms with van der Waals surface area (Å²) in [5.41, 5.74) is 3.65. The molecule has 3 aromatic heterocycles. The number of hydrogen-bond donors (Lipinski definition) is 0. The number of benzene rings is 1. The molecule has 28 heavy (non-hydrogen) atoms. The summed E-state index contributed by atoms with van der Waals surface area (Å²) in [6, 6.07) is 12.0. The fraction of sp³-hybridized carbons (Fsp3) is 0.200. The van der Waals surface area contributed by atoms with E-state index < -0.39 is 0 Å². The summed E-state index contributed by atoms with van der Waals surface area (Å²) >= 11 is 0. The van der Waals surface area contributed by atoms with E-state index in [0.717, 1.165) is 30.2 Å². The second-order valence-corrected chi connectivity index (χ2v) is 6.47. The van der Waals surface area contributed by atoms with Crippen LogP contribution in [-0.2, 0) is 4.74 Å². The van der Waals surface area contributed by atoms with E-state index >= 15 is 0 Å².